The van der Waals surface area contributed by atoms with Gasteiger partial charge in [-0.25, -0.2) is 0 Å². The second-order valence-electron chi connectivity index (χ2n) is 19.1. The summed E-state index contributed by atoms with van der Waals surface area (Å²) in [4.78, 5) is 0. The van der Waals surface area contributed by atoms with Gasteiger partial charge in [0.05, 0.1) is 111 Å². The first-order valence-electron chi connectivity index (χ1n) is 24.0. The standard InChI is InChI=1S/4C14H15Cl2NO/c4*1-18-11-3-2-6-14(8-11,9-17)10-4-5-12(15)13(16)7-10/h4*4-5,7,11H,2-3,6,8H2,1H3/t4*11-,14+/m1100/s1. The van der Waals surface area contributed by atoms with Gasteiger partial charge in [-0.3, -0.25) is 0 Å². The zero-order valence-corrected chi connectivity index (χ0v) is 47.0. The number of hydrogen-bond donors (Lipinski definition) is 0. The van der Waals surface area contributed by atoms with Crippen molar-refractivity contribution in [1.29, 1.82) is 21.0 Å². The Hall–Kier alpha value is -3.00. The van der Waals surface area contributed by atoms with E-state index in [2.05, 4.69) is 24.3 Å². The normalized spacial score (nSPS) is 27.8. The minimum Gasteiger partial charge on any atom is -0.381 e. The Bertz CT molecular complexity index is 2290. The molecule has 0 bridgehead atoms. The molecular weight excluding hydrogens is 1080 g/mol. The topological polar surface area (TPSA) is 132 Å². The SMILES string of the molecule is CO[C@@H]1CCC[C@](C#N)(c2ccc(Cl)c(Cl)c2)C1.CO[C@@H]1CCC[C@](C#N)(c2ccc(Cl)c(Cl)c2)C1.CO[C@H]1CCC[C@@](C#N)(c2ccc(Cl)c(Cl)c2)C1.CO[C@H]1CCC[C@@](C#N)(c2ccc(Cl)c(Cl)c2)C1. The van der Waals surface area contributed by atoms with Gasteiger partial charge in [0, 0.05) is 28.4 Å². The summed E-state index contributed by atoms with van der Waals surface area (Å²) >= 11 is 47.9. The summed E-state index contributed by atoms with van der Waals surface area (Å²) in [7, 11) is 6.81. The Kier molecular flexibility index (Phi) is 23.0. The molecule has 0 spiro atoms. The van der Waals surface area contributed by atoms with Gasteiger partial charge in [-0.15, -0.1) is 0 Å². The lowest BCUT2D eigenvalue weighted by atomic mass is 9.69. The van der Waals surface area contributed by atoms with E-state index in [1.54, 1.807) is 52.7 Å². The van der Waals surface area contributed by atoms with Gasteiger partial charge in [0.1, 0.15) is 0 Å². The Morgan fingerprint density at radius 1 is 0.347 bits per heavy atom. The highest BCUT2D eigenvalue weighted by Gasteiger charge is 2.42. The number of methoxy groups -OCH3 is 4. The molecule has 0 radical (unpaired) electrons. The van der Waals surface area contributed by atoms with E-state index in [-0.39, 0.29) is 24.4 Å². The number of hydrogen-bond acceptors (Lipinski definition) is 8. The van der Waals surface area contributed by atoms with Crippen molar-refractivity contribution < 1.29 is 18.9 Å². The van der Waals surface area contributed by atoms with Gasteiger partial charge >= 0.3 is 0 Å². The van der Waals surface area contributed by atoms with Crippen molar-refractivity contribution in [3.8, 4) is 24.3 Å². The van der Waals surface area contributed by atoms with Crippen LogP contribution in [-0.4, -0.2) is 52.9 Å². The average molecular weight is 1140 g/mol. The summed E-state index contributed by atoms with van der Waals surface area (Å²) in [6.07, 6.45) is 14.9. The highest BCUT2D eigenvalue weighted by Crippen LogP contribution is 2.45. The first-order chi connectivity index (χ1) is 34.4. The quantitative estimate of drug-likeness (QED) is 0.170. The first kappa shape index (κ1) is 59.9. The molecule has 4 saturated carbocycles. The van der Waals surface area contributed by atoms with Gasteiger partial charge < -0.3 is 18.9 Å². The van der Waals surface area contributed by atoms with Crippen LogP contribution in [0.2, 0.25) is 40.2 Å². The Morgan fingerprint density at radius 2 is 0.542 bits per heavy atom. The molecule has 4 aliphatic carbocycles. The summed E-state index contributed by atoms with van der Waals surface area (Å²) in [6, 6.07) is 31.7. The third-order valence-electron chi connectivity index (χ3n) is 14.9. The first-order valence-corrected chi connectivity index (χ1v) is 27.1. The van der Waals surface area contributed by atoms with Crippen LogP contribution >= 0.6 is 92.8 Å². The molecule has 0 aliphatic heterocycles. The van der Waals surface area contributed by atoms with E-state index in [1.807, 2.05) is 48.5 Å². The average Bonchev–Trinajstić information content (AvgIpc) is 3.42. The van der Waals surface area contributed by atoms with Crippen molar-refractivity contribution >= 4 is 92.8 Å². The van der Waals surface area contributed by atoms with E-state index in [1.165, 1.54) is 0 Å². The summed E-state index contributed by atoms with van der Waals surface area (Å²) < 4.78 is 21.7. The largest absolute Gasteiger partial charge is 0.381 e. The maximum absolute atomic E-state index is 9.59. The van der Waals surface area contributed by atoms with Crippen molar-refractivity contribution in [3.05, 3.63) is 135 Å². The number of benzene rings is 4. The third-order valence-corrected chi connectivity index (χ3v) is 17.9. The zero-order chi connectivity index (χ0) is 52.7. The van der Waals surface area contributed by atoms with Crippen LogP contribution in [0.5, 0.6) is 0 Å². The van der Waals surface area contributed by atoms with Crippen LogP contribution in [0.3, 0.4) is 0 Å². The Morgan fingerprint density at radius 3 is 0.694 bits per heavy atom. The van der Waals surface area contributed by atoms with E-state index in [9.17, 15) is 21.0 Å². The number of ether oxygens (including phenoxy) is 4. The van der Waals surface area contributed by atoms with E-state index < -0.39 is 21.7 Å². The fourth-order valence-corrected chi connectivity index (χ4v) is 11.8. The van der Waals surface area contributed by atoms with Crippen LogP contribution in [0, 0.1) is 45.3 Å². The van der Waals surface area contributed by atoms with Crippen molar-refractivity contribution in [2.45, 2.75) is 149 Å². The molecule has 0 unspecified atom stereocenters. The lowest BCUT2D eigenvalue weighted by Crippen LogP contribution is -2.34. The van der Waals surface area contributed by atoms with Crippen LogP contribution in [0.1, 0.15) is 125 Å². The highest BCUT2D eigenvalue weighted by atomic mass is 35.5. The monoisotopic (exact) mass is 1130 g/mol. The van der Waals surface area contributed by atoms with E-state index in [0.717, 1.165) is 125 Å². The lowest BCUT2D eigenvalue weighted by molar-refractivity contribution is 0.0513. The molecule has 8 atom stereocenters. The van der Waals surface area contributed by atoms with E-state index in [0.29, 0.717) is 40.2 Å². The van der Waals surface area contributed by atoms with Gasteiger partial charge in [-0.1, -0.05) is 117 Å². The second-order valence-corrected chi connectivity index (χ2v) is 22.4. The molecule has 0 N–H and O–H groups in total. The molecule has 8 rings (SSSR count). The summed E-state index contributed by atoms with van der Waals surface area (Å²) in [5, 5.41) is 42.4. The molecule has 0 amide bonds. The Labute approximate surface area is 466 Å². The molecular formula is C56H60Cl8N4O4. The molecule has 0 aromatic heterocycles. The van der Waals surface area contributed by atoms with E-state index >= 15 is 0 Å². The minimum atomic E-state index is -0.493. The predicted octanol–water partition coefficient (Wildman–Crippen LogP) is 17.4. The maximum Gasteiger partial charge on any atom is 0.0847 e. The van der Waals surface area contributed by atoms with Gasteiger partial charge in [-0.2, -0.15) is 21.0 Å². The number of nitriles is 4. The molecule has 8 nitrogen and oxygen atoms in total. The van der Waals surface area contributed by atoms with Crippen LogP contribution < -0.4 is 0 Å². The van der Waals surface area contributed by atoms with Crippen molar-refractivity contribution in [2.24, 2.45) is 0 Å². The number of nitrogens with zero attached hydrogens (tertiary/aromatic N) is 4. The van der Waals surface area contributed by atoms with Crippen LogP contribution in [-0.2, 0) is 40.6 Å². The Balaban J connectivity index is 0.000000178. The molecule has 4 aromatic rings. The van der Waals surface area contributed by atoms with Crippen molar-refractivity contribution in [2.75, 3.05) is 28.4 Å². The zero-order valence-electron chi connectivity index (χ0n) is 41.0. The predicted molar refractivity (Wildman–Crippen MR) is 292 cm³/mol. The molecule has 4 aliphatic rings. The highest BCUT2D eigenvalue weighted by molar-refractivity contribution is 6.43. The number of halogens is 8. The van der Waals surface area contributed by atoms with Gasteiger partial charge in [0.25, 0.3) is 0 Å². The molecule has 4 fully saturated rings. The number of rotatable bonds is 8. The third kappa shape index (κ3) is 14.7. The second kappa shape index (κ2) is 27.7. The van der Waals surface area contributed by atoms with Crippen molar-refractivity contribution in [3.63, 3.8) is 0 Å². The fraction of sp³-hybridized carbons (Fsp3) is 0.500. The lowest BCUT2D eigenvalue weighted by Gasteiger charge is -2.35. The molecule has 4 aromatic carbocycles. The van der Waals surface area contributed by atoms with Crippen molar-refractivity contribution in [1.82, 2.24) is 0 Å². The fourth-order valence-electron chi connectivity index (χ4n) is 10.6. The van der Waals surface area contributed by atoms with Crippen LogP contribution in [0.15, 0.2) is 72.8 Å². The summed E-state index contributed by atoms with van der Waals surface area (Å²) in [6.45, 7) is 0. The maximum atomic E-state index is 9.59. The van der Waals surface area contributed by atoms with Gasteiger partial charge in [0.15, 0.2) is 0 Å². The van der Waals surface area contributed by atoms with Gasteiger partial charge in [-0.05, 0) is 174 Å². The summed E-state index contributed by atoms with van der Waals surface area (Å²) in [5.41, 5.74) is 1.81. The summed E-state index contributed by atoms with van der Waals surface area (Å²) in [5.74, 6) is 0. The van der Waals surface area contributed by atoms with Crippen LogP contribution in [0.25, 0.3) is 0 Å². The van der Waals surface area contributed by atoms with E-state index in [4.69, 9.17) is 112 Å². The van der Waals surface area contributed by atoms with Crippen LogP contribution in [0.4, 0.5) is 0 Å². The minimum absolute atomic E-state index is 0.146. The molecule has 0 saturated heterocycles. The molecule has 16 heteroatoms. The molecule has 72 heavy (non-hydrogen) atoms. The van der Waals surface area contributed by atoms with Gasteiger partial charge in [0.2, 0.25) is 0 Å². The molecule has 384 valence electrons. The smallest absolute Gasteiger partial charge is 0.0847 e. The molecule has 0 heterocycles.